The lowest BCUT2D eigenvalue weighted by atomic mass is 10.1. The van der Waals surface area contributed by atoms with Gasteiger partial charge in [0.25, 0.3) is 5.92 Å². The zero-order valence-electron chi connectivity index (χ0n) is 8.44. The summed E-state index contributed by atoms with van der Waals surface area (Å²) in [5, 5.41) is 2.63. The van der Waals surface area contributed by atoms with Crippen LogP contribution in [0.15, 0.2) is 18.2 Å². The highest BCUT2D eigenvalue weighted by molar-refractivity contribution is 5.23. The van der Waals surface area contributed by atoms with Gasteiger partial charge in [-0.05, 0) is 25.0 Å². The Morgan fingerprint density at radius 1 is 1.25 bits per heavy atom. The monoisotopic (exact) mass is 233 g/mol. The van der Waals surface area contributed by atoms with Crippen LogP contribution in [0.5, 0.6) is 0 Å². The van der Waals surface area contributed by atoms with Gasteiger partial charge in [-0.3, -0.25) is 0 Å². The van der Waals surface area contributed by atoms with Crippen molar-refractivity contribution in [2.45, 2.75) is 24.8 Å². The van der Waals surface area contributed by atoms with Gasteiger partial charge in [0.15, 0.2) is 0 Å². The third kappa shape index (κ3) is 2.52. The molecule has 16 heavy (non-hydrogen) atoms. The van der Waals surface area contributed by atoms with Crippen molar-refractivity contribution in [2.24, 2.45) is 0 Å². The van der Waals surface area contributed by atoms with E-state index in [1.165, 1.54) is 0 Å². The molecule has 0 spiro atoms. The summed E-state index contributed by atoms with van der Waals surface area (Å²) in [5.74, 6) is -5.37. The molecule has 0 unspecified atom stereocenters. The molecule has 1 aromatic carbocycles. The molecule has 5 heteroatoms. The van der Waals surface area contributed by atoms with E-state index in [0.717, 1.165) is 25.0 Å². The minimum Gasteiger partial charge on any atom is -0.308 e. The molecule has 1 fully saturated rings. The van der Waals surface area contributed by atoms with Crippen molar-refractivity contribution in [2.75, 3.05) is 6.54 Å². The fraction of sp³-hybridized carbons (Fsp3) is 0.455. The molecule has 1 aromatic rings. The Bertz CT molecular complexity index is 388. The van der Waals surface area contributed by atoms with Crippen molar-refractivity contribution in [1.82, 2.24) is 5.32 Å². The predicted octanol–water partition coefficient (Wildman–Crippen LogP) is 2.81. The third-order valence-electron chi connectivity index (χ3n) is 2.52. The van der Waals surface area contributed by atoms with Crippen LogP contribution in [0.4, 0.5) is 17.6 Å². The van der Waals surface area contributed by atoms with Crippen LogP contribution in [0.3, 0.4) is 0 Å². The maximum Gasteiger partial charge on any atom is 0.288 e. The van der Waals surface area contributed by atoms with Crippen molar-refractivity contribution in [3.05, 3.63) is 35.4 Å². The first-order valence-corrected chi connectivity index (χ1v) is 5.06. The molecule has 0 aliphatic heterocycles. The summed E-state index contributed by atoms with van der Waals surface area (Å²) in [4.78, 5) is 0. The van der Waals surface area contributed by atoms with Crippen LogP contribution in [0.25, 0.3) is 0 Å². The summed E-state index contributed by atoms with van der Waals surface area (Å²) in [5.41, 5.74) is -0.762. The Morgan fingerprint density at radius 2 is 1.94 bits per heavy atom. The Balaban J connectivity index is 2.12. The third-order valence-corrected chi connectivity index (χ3v) is 2.52. The SMILES string of the molecule is Fc1ccc(C(F)(F)CNC2CC2)c(F)c1. The van der Waals surface area contributed by atoms with Gasteiger partial charge in [-0.15, -0.1) is 0 Å². The van der Waals surface area contributed by atoms with Gasteiger partial charge in [-0.25, -0.2) is 8.78 Å². The fourth-order valence-electron chi connectivity index (χ4n) is 1.44. The van der Waals surface area contributed by atoms with Crippen molar-refractivity contribution in [1.29, 1.82) is 0 Å². The van der Waals surface area contributed by atoms with E-state index in [1.54, 1.807) is 0 Å². The molecule has 1 saturated carbocycles. The van der Waals surface area contributed by atoms with Crippen LogP contribution in [0.2, 0.25) is 0 Å². The summed E-state index contributed by atoms with van der Waals surface area (Å²) >= 11 is 0. The molecule has 0 heterocycles. The molecule has 0 amide bonds. The Labute approximate surface area is 90.5 Å². The van der Waals surface area contributed by atoms with Crippen LogP contribution in [-0.2, 0) is 5.92 Å². The van der Waals surface area contributed by atoms with Gasteiger partial charge in [0.05, 0.1) is 12.1 Å². The standard InChI is InChI=1S/C11H11F4N/c12-7-1-4-9(10(13)5-7)11(14,15)6-16-8-2-3-8/h1,4-5,8,16H,2-3,6H2. The van der Waals surface area contributed by atoms with Crippen LogP contribution in [0, 0.1) is 11.6 Å². The Morgan fingerprint density at radius 3 is 2.50 bits per heavy atom. The molecule has 1 aliphatic carbocycles. The largest absolute Gasteiger partial charge is 0.308 e. The minimum atomic E-state index is -3.31. The first-order valence-electron chi connectivity index (χ1n) is 5.06. The summed E-state index contributed by atoms with van der Waals surface area (Å²) < 4.78 is 52.7. The number of rotatable bonds is 4. The van der Waals surface area contributed by atoms with Gasteiger partial charge < -0.3 is 5.32 Å². The van der Waals surface area contributed by atoms with E-state index in [4.69, 9.17) is 0 Å². The lowest BCUT2D eigenvalue weighted by Crippen LogP contribution is -2.32. The van der Waals surface area contributed by atoms with Gasteiger partial charge in [0.1, 0.15) is 11.6 Å². The second kappa shape index (κ2) is 4.05. The summed E-state index contributed by atoms with van der Waals surface area (Å²) in [6, 6.07) is 2.22. The predicted molar refractivity (Wildman–Crippen MR) is 51.3 cm³/mol. The highest BCUT2D eigenvalue weighted by Crippen LogP contribution is 2.31. The van der Waals surface area contributed by atoms with E-state index in [1.807, 2.05) is 0 Å². The van der Waals surface area contributed by atoms with E-state index in [-0.39, 0.29) is 6.04 Å². The zero-order valence-corrected chi connectivity index (χ0v) is 8.44. The zero-order chi connectivity index (χ0) is 11.8. The number of hydrogen-bond acceptors (Lipinski definition) is 1. The lowest BCUT2D eigenvalue weighted by molar-refractivity contribution is -0.00698. The first-order chi connectivity index (χ1) is 7.49. The van der Waals surface area contributed by atoms with E-state index in [9.17, 15) is 17.6 Å². The van der Waals surface area contributed by atoms with Crippen LogP contribution in [0.1, 0.15) is 18.4 Å². The summed E-state index contributed by atoms with van der Waals surface area (Å²) in [6.07, 6.45) is 1.75. The number of benzene rings is 1. The molecule has 0 aromatic heterocycles. The van der Waals surface area contributed by atoms with Crippen LogP contribution >= 0.6 is 0 Å². The molecule has 0 radical (unpaired) electrons. The number of alkyl halides is 2. The minimum absolute atomic E-state index is 0.120. The van der Waals surface area contributed by atoms with E-state index >= 15 is 0 Å². The number of halogens is 4. The summed E-state index contributed by atoms with van der Waals surface area (Å²) in [6.45, 7) is -0.611. The van der Waals surface area contributed by atoms with Crippen LogP contribution < -0.4 is 5.32 Å². The van der Waals surface area contributed by atoms with Gasteiger partial charge in [-0.1, -0.05) is 0 Å². The highest BCUT2D eigenvalue weighted by Gasteiger charge is 2.36. The van der Waals surface area contributed by atoms with Crippen molar-refractivity contribution >= 4 is 0 Å². The molecule has 2 rings (SSSR count). The van der Waals surface area contributed by atoms with Crippen molar-refractivity contribution < 1.29 is 17.6 Å². The average Bonchev–Trinajstić information content (AvgIpc) is 2.97. The van der Waals surface area contributed by atoms with Gasteiger partial charge in [-0.2, -0.15) is 8.78 Å². The summed E-state index contributed by atoms with van der Waals surface area (Å²) in [7, 11) is 0. The Hall–Kier alpha value is -1.10. The molecular formula is C11H11F4N. The second-order valence-electron chi connectivity index (χ2n) is 3.98. The quantitative estimate of drug-likeness (QED) is 0.788. The molecule has 1 aliphatic rings. The van der Waals surface area contributed by atoms with Crippen LogP contribution in [-0.4, -0.2) is 12.6 Å². The van der Waals surface area contributed by atoms with Gasteiger partial charge in [0, 0.05) is 12.1 Å². The topological polar surface area (TPSA) is 12.0 Å². The first kappa shape index (κ1) is 11.4. The van der Waals surface area contributed by atoms with E-state index in [2.05, 4.69) is 5.32 Å². The van der Waals surface area contributed by atoms with E-state index in [0.29, 0.717) is 6.07 Å². The second-order valence-corrected chi connectivity index (χ2v) is 3.98. The maximum atomic E-state index is 13.5. The number of hydrogen-bond donors (Lipinski definition) is 1. The molecule has 0 atom stereocenters. The molecule has 1 nitrogen and oxygen atoms in total. The Kier molecular flexibility index (Phi) is 2.88. The molecular weight excluding hydrogens is 222 g/mol. The van der Waals surface area contributed by atoms with Crippen molar-refractivity contribution in [3.63, 3.8) is 0 Å². The van der Waals surface area contributed by atoms with Gasteiger partial charge in [0.2, 0.25) is 0 Å². The lowest BCUT2D eigenvalue weighted by Gasteiger charge is -2.17. The maximum absolute atomic E-state index is 13.5. The highest BCUT2D eigenvalue weighted by atomic mass is 19.3. The normalized spacial score (nSPS) is 16.5. The van der Waals surface area contributed by atoms with Gasteiger partial charge >= 0.3 is 0 Å². The number of nitrogens with one attached hydrogen (secondary N) is 1. The fourth-order valence-corrected chi connectivity index (χ4v) is 1.44. The van der Waals surface area contributed by atoms with Crippen molar-refractivity contribution in [3.8, 4) is 0 Å². The smallest absolute Gasteiger partial charge is 0.288 e. The van der Waals surface area contributed by atoms with E-state index < -0.39 is 29.7 Å². The average molecular weight is 233 g/mol. The molecule has 0 saturated heterocycles. The molecule has 1 N–H and O–H groups in total. The molecule has 88 valence electrons. The molecule has 0 bridgehead atoms.